The number of hydrogen-bond donors (Lipinski definition) is 2. The number of ketones is 1. The average Bonchev–Trinajstić information content (AvgIpc) is 2.68. The van der Waals surface area contributed by atoms with E-state index in [9.17, 15) is 14.4 Å². The van der Waals surface area contributed by atoms with Gasteiger partial charge in [-0.2, -0.15) is 0 Å². The Morgan fingerprint density at radius 2 is 1.97 bits per heavy atom. The van der Waals surface area contributed by atoms with Crippen LogP contribution in [0.5, 0.6) is 0 Å². The predicted octanol–water partition coefficient (Wildman–Crippen LogP) is 3.79. The topological polar surface area (TPSA) is 95.9 Å². The van der Waals surface area contributed by atoms with Crippen molar-refractivity contribution < 1.29 is 24.3 Å². The number of nitrogens with zero attached hydrogens (tertiary/aromatic N) is 1. The molecule has 7 nitrogen and oxygen atoms in total. The molecule has 0 radical (unpaired) electrons. The van der Waals surface area contributed by atoms with Crippen molar-refractivity contribution in [2.24, 2.45) is 5.92 Å². The number of rotatable bonds is 7. The molecule has 1 aromatic rings. The van der Waals surface area contributed by atoms with Gasteiger partial charge in [0.15, 0.2) is 5.78 Å². The number of carbonyl (C=O) groups excluding carboxylic acids is 3. The lowest BCUT2D eigenvalue weighted by molar-refractivity contribution is -0.136. The zero-order chi connectivity index (χ0) is 21.6. The number of hydrogen-bond acceptors (Lipinski definition) is 5. The molecule has 160 valence electrons. The zero-order valence-electron chi connectivity index (χ0n) is 17.7. The molecule has 1 aliphatic heterocycles. The molecule has 1 aliphatic rings. The molecule has 0 aromatic heterocycles. The van der Waals surface area contributed by atoms with Crippen LogP contribution in [0, 0.1) is 5.92 Å². The highest BCUT2D eigenvalue weighted by Crippen LogP contribution is 2.35. The summed E-state index contributed by atoms with van der Waals surface area (Å²) in [5.41, 5.74) is 2.74. The number of Topliss-reactive ketones (excluding diaryl/α,β-unsaturated/α-hetero) is 1. The van der Waals surface area contributed by atoms with Gasteiger partial charge >= 0.3 is 6.09 Å². The van der Waals surface area contributed by atoms with Gasteiger partial charge in [-0.05, 0) is 44.7 Å². The van der Waals surface area contributed by atoms with Crippen LogP contribution in [-0.4, -0.2) is 40.0 Å². The van der Waals surface area contributed by atoms with Crippen molar-refractivity contribution in [2.45, 2.75) is 71.4 Å². The van der Waals surface area contributed by atoms with Crippen LogP contribution in [0.25, 0.3) is 0 Å². The van der Waals surface area contributed by atoms with Gasteiger partial charge in [-0.1, -0.05) is 44.0 Å². The second-order valence-electron chi connectivity index (χ2n) is 8.51. The normalized spacial score (nSPS) is 17.3. The van der Waals surface area contributed by atoms with Crippen molar-refractivity contribution in [3.63, 3.8) is 0 Å². The highest BCUT2D eigenvalue weighted by Gasteiger charge is 2.40. The highest BCUT2D eigenvalue weighted by molar-refractivity contribution is 5.93. The van der Waals surface area contributed by atoms with Crippen molar-refractivity contribution >= 4 is 17.8 Å². The van der Waals surface area contributed by atoms with E-state index in [1.807, 2.05) is 31.2 Å². The number of carbonyl (C=O) groups is 3. The second kappa shape index (κ2) is 9.87. The van der Waals surface area contributed by atoms with Gasteiger partial charge in [-0.15, -0.1) is 0 Å². The van der Waals surface area contributed by atoms with Gasteiger partial charge in [0.25, 0.3) is 0 Å². The maximum absolute atomic E-state index is 13.6. The number of amides is 2. The smallest absolute Gasteiger partial charge is 0.411 e. The predicted molar refractivity (Wildman–Crippen MR) is 108 cm³/mol. The molecular weight excluding hydrogens is 372 g/mol. The molecule has 29 heavy (non-hydrogen) atoms. The summed E-state index contributed by atoms with van der Waals surface area (Å²) in [6, 6.07) is 6.78. The maximum atomic E-state index is 13.6. The molecule has 0 aliphatic carbocycles. The van der Waals surface area contributed by atoms with Crippen LogP contribution >= 0.6 is 0 Å². The molecule has 1 heterocycles. The lowest BCUT2D eigenvalue weighted by Gasteiger charge is -2.38. The summed E-state index contributed by atoms with van der Waals surface area (Å²) < 4.78 is 5.55. The minimum Gasteiger partial charge on any atom is -0.444 e. The molecule has 0 saturated heterocycles. The maximum Gasteiger partial charge on any atom is 0.411 e. The largest absolute Gasteiger partial charge is 0.444 e. The summed E-state index contributed by atoms with van der Waals surface area (Å²) >= 11 is 0. The van der Waals surface area contributed by atoms with Crippen molar-refractivity contribution in [3.8, 4) is 0 Å². The standard InChI is InChI=1S/C22H32N2O5/c1-5-6-9-16(14-18(25)23-28)20(26)19-17-11-8-7-10-15(17)12-13-24(19)21(27)29-22(2,3)4/h7-8,10-11,16,19,28H,5-6,9,12-14H2,1-4H3,(H,23,25)/t16-,19?/m1/s1. The number of nitrogens with one attached hydrogen (secondary N) is 1. The molecule has 2 amide bonds. The van der Waals surface area contributed by atoms with Gasteiger partial charge < -0.3 is 4.74 Å². The van der Waals surface area contributed by atoms with E-state index in [1.165, 1.54) is 4.90 Å². The van der Waals surface area contributed by atoms with Crippen LogP contribution in [0.3, 0.4) is 0 Å². The van der Waals surface area contributed by atoms with Crippen LogP contribution in [0.4, 0.5) is 4.79 Å². The average molecular weight is 405 g/mol. The van der Waals surface area contributed by atoms with Gasteiger partial charge in [0.2, 0.25) is 5.91 Å². The van der Waals surface area contributed by atoms with Crippen molar-refractivity contribution in [2.75, 3.05) is 6.54 Å². The Hall–Kier alpha value is -2.41. The fourth-order valence-electron chi connectivity index (χ4n) is 3.68. The quantitative estimate of drug-likeness (QED) is 0.532. The number of unbranched alkanes of at least 4 members (excludes halogenated alkanes) is 1. The summed E-state index contributed by atoms with van der Waals surface area (Å²) in [6.07, 6.45) is 2.15. The molecule has 2 atom stereocenters. The molecule has 0 fully saturated rings. The lowest BCUT2D eigenvalue weighted by Crippen LogP contribution is -2.47. The monoisotopic (exact) mass is 404 g/mol. The van der Waals surface area contributed by atoms with Crippen molar-refractivity contribution in [1.82, 2.24) is 10.4 Å². The van der Waals surface area contributed by atoms with E-state index in [0.717, 1.165) is 24.0 Å². The van der Waals surface area contributed by atoms with E-state index in [1.54, 1.807) is 26.3 Å². The summed E-state index contributed by atoms with van der Waals surface area (Å²) in [5, 5.41) is 8.93. The Balaban J connectivity index is 2.40. The van der Waals surface area contributed by atoms with Gasteiger partial charge in [0.1, 0.15) is 11.6 Å². The molecule has 0 saturated carbocycles. The molecular formula is C22H32N2O5. The van der Waals surface area contributed by atoms with Gasteiger partial charge in [-0.3, -0.25) is 19.7 Å². The first kappa shape index (κ1) is 22.9. The summed E-state index contributed by atoms with van der Waals surface area (Å²) in [4.78, 5) is 39.8. The first-order valence-corrected chi connectivity index (χ1v) is 10.2. The van der Waals surface area contributed by atoms with Crippen molar-refractivity contribution in [3.05, 3.63) is 35.4 Å². The minimum atomic E-state index is -0.803. The molecule has 2 N–H and O–H groups in total. The van der Waals surface area contributed by atoms with Crippen LogP contribution in [-0.2, 0) is 20.7 Å². The third kappa shape index (κ3) is 6.03. The third-order valence-electron chi connectivity index (χ3n) is 5.05. The summed E-state index contributed by atoms with van der Waals surface area (Å²) in [7, 11) is 0. The Kier molecular flexibility index (Phi) is 7.79. The fourth-order valence-corrected chi connectivity index (χ4v) is 3.68. The van der Waals surface area contributed by atoms with E-state index in [4.69, 9.17) is 9.94 Å². The van der Waals surface area contributed by atoms with E-state index in [0.29, 0.717) is 19.4 Å². The van der Waals surface area contributed by atoms with E-state index < -0.39 is 29.6 Å². The highest BCUT2D eigenvalue weighted by atomic mass is 16.6. The Morgan fingerprint density at radius 1 is 1.28 bits per heavy atom. The molecule has 1 unspecified atom stereocenters. The van der Waals surface area contributed by atoms with Crippen LogP contribution < -0.4 is 5.48 Å². The van der Waals surface area contributed by atoms with Crippen LogP contribution in [0.15, 0.2) is 24.3 Å². The number of hydroxylamine groups is 1. The van der Waals surface area contributed by atoms with E-state index in [2.05, 4.69) is 0 Å². The number of benzene rings is 1. The third-order valence-corrected chi connectivity index (χ3v) is 5.05. The van der Waals surface area contributed by atoms with Gasteiger partial charge in [0.05, 0.1) is 0 Å². The number of ether oxygens (including phenoxy) is 1. The molecule has 0 spiro atoms. The molecule has 2 rings (SSSR count). The van der Waals surface area contributed by atoms with Crippen molar-refractivity contribution in [1.29, 1.82) is 0 Å². The summed E-state index contributed by atoms with van der Waals surface area (Å²) in [6.45, 7) is 7.74. The second-order valence-corrected chi connectivity index (χ2v) is 8.51. The van der Waals surface area contributed by atoms with Crippen LogP contribution in [0.2, 0.25) is 0 Å². The fraction of sp³-hybridized carbons (Fsp3) is 0.591. The Labute approximate surface area is 172 Å². The number of fused-ring (bicyclic) bond motifs is 1. The van der Waals surface area contributed by atoms with Gasteiger partial charge in [0, 0.05) is 18.9 Å². The molecule has 1 aromatic carbocycles. The van der Waals surface area contributed by atoms with Crippen LogP contribution in [0.1, 0.15) is 70.5 Å². The first-order chi connectivity index (χ1) is 13.7. The minimum absolute atomic E-state index is 0.115. The summed E-state index contributed by atoms with van der Waals surface area (Å²) in [5.74, 6) is -1.39. The Morgan fingerprint density at radius 3 is 2.59 bits per heavy atom. The first-order valence-electron chi connectivity index (χ1n) is 10.2. The van der Waals surface area contributed by atoms with E-state index >= 15 is 0 Å². The molecule has 0 bridgehead atoms. The Bertz CT molecular complexity index is 741. The SMILES string of the molecule is CCCC[C@H](CC(=O)NO)C(=O)C1c2ccccc2CCN1C(=O)OC(C)(C)C. The lowest BCUT2D eigenvalue weighted by atomic mass is 9.82. The molecule has 7 heteroatoms. The zero-order valence-corrected chi connectivity index (χ0v) is 17.7. The van der Waals surface area contributed by atoms with Gasteiger partial charge in [-0.25, -0.2) is 10.3 Å². The van der Waals surface area contributed by atoms with E-state index in [-0.39, 0.29) is 12.2 Å².